The second-order valence-corrected chi connectivity index (χ2v) is 5.71. The molecule has 0 saturated carbocycles. The molecule has 1 aromatic heterocycles. The molecular formula is C18H19NO5. The largest absolute Gasteiger partial charge is 0.454 e. The number of amides is 1. The molecule has 6 nitrogen and oxygen atoms in total. The van der Waals surface area contributed by atoms with Gasteiger partial charge in [0.05, 0.1) is 0 Å². The van der Waals surface area contributed by atoms with Crippen LogP contribution in [0.5, 0.6) is 0 Å². The van der Waals surface area contributed by atoms with E-state index in [1.807, 2.05) is 18.2 Å². The summed E-state index contributed by atoms with van der Waals surface area (Å²) >= 11 is 0. The Morgan fingerprint density at radius 3 is 2.58 bits per heavy atom. The van der Waals surface area contributed by atoms with Gasteiger partial charge in [-0.2, -0.15) is 0 Å². The Kier molecular flexibility index (Phi) is 4.55. The molecule has 1 atom stereocenters. The number of aryl methyl sites for hydroxylation is 1. The molecule has 1 aliphatic rings. The summed E-state index contributed by atoms with van der Waals surface area (Å²) in [6, 6.07) is 11.2. The second-order valence-electron chi connectivity index (χ2n) is 5.71. The van der Waals surface area contributed by atoms with Crippen molar-refractivity contribution in [3.63, 3.8) is 0 Å². The van der Waals surface area contributed by atoms with Crippen LogP contribution in [0.15, 0.2) is 40.8 Å². The molecule has 1 amide bonds. The van der Waals surface area contributed by atoms with Crippen molar-refractivity contribution in [3.8, 4) is 0 Å². The van der Waals surface area contributed by atoms with E-state index in [-0.39, 0.29) is 5.76 Å². The molecule has 0 fully saturated rings. The van der Waals surface area contributed by atoms with Gasteiger partial charge in [-0.25, -0.2) is 9.59 Å². The highest BCUT2D eigenvalue weighted by atomic mass is 16.7. The molecule has 1 aromatic carbocycles. The second kappa shape index (κ2) is 6.78. The van der Waals surface area contributed by atoms with Crippen LogP contribution in [-0.4, -0.2) is 29.8 Å². The minimum atomic E-state index is -0.993. The first kappa shape index (κ1) is 16.1. The van der Waals surface area contributed by atoms with E-state index in [1.54, 1.807) is 17.9 Å². The highest BCUT2D eigenvalue weighted by Crippen LogP contribution is 2.19. The van der Waals surface area contributed by atoms with Crippen molar-refractivity contribution in [2.75, 3.05) is 6.54 Å². The van der Waals surface area contributed by atoms with Crippen molar-refractivity contribution in [1.29, 1.82) is 0 Å². The highest BCUT2D eigenvalue weighted by Gasteiger charge is 2.24. The molecule has 0 spiro atoms. The number of hydrogen-bond donors (Lipinski definition) is 0. The molecule has 0 N–H and O–H groups in total. The Bertz CT molecular complexity index is 751. The lowest BCUT2D eigenvalue weighted by atomic mass is 10.0. The molecular weight excluding hydrogens is 310 g/mol. The molecule has 3 rings (SSSR count). The average molecular weight is 329 g/mol. The molecule has 2 heterocycles. The lowest BCUT2D eigenvalue weighted by molar-refractivity contribution is -0.0717. The van der Waals surface area contributed by atoms with E-state index in [9.17, 15) is 9.59 Å². The van der Waals surface area contributed by atoms with Gasteiger partial charge in [-0.1, -0.05) is 24.3 Å². The summed E-state index contributed by atoms with van der Waals surface area (Å²) in [5.74, 6) is 0.0354. The van der Waals surface area contributed by atoms with Crippen LogP contribution in [0.4, 0.5) is 4.79 Å². The first-order chi connectivity index (χ1) is 11.5. The predicted molar refractivity (Wildman–Crippen MR) is 85.4 cm³/mol. The van der Waals surface area contributed by atoms with Crippen LogP contribution in [0.3, 0.4) is 0 Å². The summed E-state index contributed by atoms with van der Waals surface area (Å²) in [4.78, 5) is 25.7. The predicted octanol–water partition coefficient (Wildman–Crippen LogP) is 3.29. The molecule has 6 heteroatoms. The third kappa shape index (κ3) is 3.59. The fourth-order valence-electron chi connectivity index (χ4n) is 2.65. The molecule has 0 bridgehead atoms. The van der Waals surface area contributed by atoms with Crippen molar-refractivity contribution >= 4 is 12.1 Å². The smallest absolute Gasteiger partial charge is 0.413 e. The molecule has 0 radical (unpaired) electrons. The molecule has 0 saturated heterocycles. The SMILES string of the molecule is Cc1ccc(C(=O)OC(C)OC(=O)N2CCc3ccccc3C2)o1. The Labute approximate surface area is 140 Å². The lowest BCUT2D eigenvalue weighted by Crippen LogP contribution is -2.38. The van der Waals surface area contributed by atoms with Crippen LogP contribution in [0.1, 0.15) is 34.4 Å². The van der Waals surface area contributed by atoms with E-state index in [1.165, 1.54) is 18.6 Å². The van der Waals surface area contributed by atoms with Gasteiger partial charge < -0.3 is 18.8 Å². The molecule has 1 aliphatic heterocycles. The maximum absolute atomic E-state index is 12.2. The molecule has 1 unspecified atom stereocenters. The van der Waals surface area contributed by atoms with E-state index >= 15 is 0 Å². The van der Waals surface area contributed by atoms with Crippen molar-refractivity contribution in [3.05, 3.63) is 59.0 Å². The Morgan fingerprint density at radius 1 is 1.12 bits per heavy atom. The number of ether oxygens (including phenoxy) is 2. The Hall–Kier alpha value is -2.76. The first-order valence-electron chi connectivity index (χ1n) is 7.82. The van der Waals surface area contributed by atoms with Gasteiger partial charge in [0.2, 0.25) is 12.1 Å². The topological polar surface area (TPSA) is 69.0 Å². The fourth-order valence-corrected chi connectivity index (χ4v) is 2.65. The van der Waals surface area contributed by atoms with Crippen molar-refractivity contribution in [1.82, 2.24) is 4.90 Å². The average Bonchev–Trinajstić information content (AvgIpc) is 3.01. The number of esters is 1. The number of fused-ring (bicyclic) bond motifs is 1. The number of hydrogen-bond acceptors (Lipinski definition) is 5. The van der Waals surface area contributed by atoms with Crippen molar-refractivity contribution < 1.29 is 23.5 Å². The van der Waals surface area contributed by atoms with Gasteiger partial charge in [-0.3, -0.25) is 0 Å². The Balaban J connectivity index is 1.54. The summed E-state index contributed by atoms with van der Waals surface area (Å²) < 4.78 is 15.5. The number of nitrogens with zero attached hydrogens (tertiary/aromatic N) is 1. The Morgan fingerprint density at radius 2 is 1.88 bits per heavy atom. The van der Waals surface area contributed by atoms with Gasteiger partial charge >= 0.3 is 12.1 Å². The quantitative estimate of drug-likeness (QED) is 0.638. The number of rotatable bonds is 3. The van der Waals surface area contributed by atoms with Gasteiger partial charge in [0.1, 0.15) is 5.76 Å². The minimum absolute atomic E-state index is 0.0855. The fraction of sp³-hybridized carbons (Fsp3) is 0.333. The van der Waals surface area contributed by atoms with E-state index in [0.717, 1.165) is 12.0 Å². The number of carbonyl (C=O) groups is 2. The zero-order valence-corrected chi connectivity index (χ0v) is 13.7. The summed E-state index contributed by atoms with van der Waals surface area (Å²) in [5.41, 5.74) is 2.35. The van der Waals surface area contributed by atoms with E-state index < -0.39 is 18.4 Å². The third-order valence-electron chi connectivity index (χ3n) is 3.87. The van der Waals surface area contributed by atoms with Gasteiger partial charge in [-0.05, 0) is 36.6 Å². The van der Waals surface area contributed by atoms with Crippen molar-refractivity contribution in [2.45, 2.75) is 33.1 Å². The zero-order valence-electron chi connectivity index (χ0n) is 13.7. The van der Waals surface area contributed by atoms with Crippen LogP contribution in [0.25, 0.3) is 0 Å². The number of carbonyl (C=O) groups excluding carboxylic acids is 2. The van der Waals surface area contributed by atoms with Crippen LogP contribution in [0.2, 0.25) is 0 Å². The maximum atomic E-state index is 12.2. The molecule has 2 aromatic rings. The molecule has 0 aliphatic carbocycles. The third-order valence-corrected chi connectivity index (χ3v) is 3.87. The van der Waals surface area contributed by atoms with Crippen LogP contribution in [0, 0.1) is 6.92 Å². The van der Waals surface area contributed by atoms with Gasteiger partial charge in [0.15, 0.2) is 0 Å². The summed E-state index contributed by atoms with van der Waals surface area (Å²) in [7, 11) is 0. The monoisotopic (exact) mass is 329 g/mol. The zero-order chi connectivity index (χ0) is 17.1. The van der Waals surface area contributed by atoms with Crippen LogP contribution in [-0.2, 0) is 22.4 Å². The standard InChI is InChI=1S/C18H19NO5/c1-12-7-8-16(22-12)17(20)23-13(2)24-18(21)19-10-9-14-5-3-4-6-15(14)11-19/h3-8,13H,9-11H2,1-2H3. The highest BCUT2D eigenvalue weighted by molar-refractivity contribution is 5.86. The lowest BCUT2D eigenvalue weighted by Gasteiger charge is -2.29. The molecule has 24 heavy (non-hydrogen) atoms. The summed E-state index contributed by atoms with van der Waals surface area (Å²) in [5, 5.41) is 0. The number of furan rings is 1. The van der Waals surface area contributed by atoms with Gasteiger partial charge in [-0.15, -0.1) is 0 Å². The minimum Gasteiger partial charge on any atom is -0.454 e. The first-order valence-corrected chi connectivity index (χ1v) is 7.82. The van der Waals surface area contributed by atoms with Crippen LogP contribution < -0.4 is 0 Å². The summed E-state index contributed by atoms with van der Waals surface area (Å²) in [6.07, 6.45) is -0.710. The normalized spacial score (nSPS) is 14.7. The van der Waals surface area contributed by atoms with Gasteiger partial charge in [0.25, 0.3) is 0 Å². The van der Waals surface area contributed by atoms with E-state index in [2.05, 4.69) is 6.07 Å². The summed E-state index contributed by atoms with van der Waals surface area (Å²) in [6.45, 7) is 4.30. The maximum Gasteiger partial charge on any atom is 0.413 e. The van der Waals surface area contributed by atoms with E-state index in [4.69, 9.17) is 13.9 Å². The molecule has 126 valence electrons. The number of benzene rings is 1. The van der Waals surface area contributed by atoms with E-state index in [0.29, 0.717) is 18.8 Å². The van der Waals surface area contributed by atoms with Crippen molar-refractivity contribution in [2.24, 2.45) is 0 Å². The van der Waals surface area contributed by atoms with Gasteiger partial charge in [0, 0.05) is 20.0 Å². The van der Waals surface area contributed by atoms with Crippen LogP contribution >= 0.6 is 0 Å².